The summed E-state index contributed by atoms with van der Waals surface area (Å²) in [4.78, 5) is 11.8. The molecule has 0 radical (unpaired) electrons. The molecule has 2 aromatic carbocycles. The van der Waals surface area contributed by atoms with Crippen LogP contribution < -0.4 is 10.1 Å². The monoisotopic (exact) mass is 397 g/mol. The molecule has 0 saturated heterocycles. The van der Waals surface area contributed by atoms with Gasteiger partial charge in [-0.05, 0) is 52.7 Å². The van der Waals surface area contributed by atoms with Crippen molar-refractivity contribution < 1.29 is 9.53 Å². The summed E-state index contributed by atoms with van der Waals surface area (Å²) in [6, 6.07) is 13.1. The van der Waals surface area contributed by atoms with Crippen LogP contribution in [0.5, 0.6) is 5.75 Å². The predicted molar refractivity (Wildman–Crippen MR) is 87.1 cm³/mol. The number of halogens is 2. The van der Waals surface area contributed by atoms with Crippen molar-refractivity contribution in [2.45, 2.75) is 6.92 Å². The van der Waals surface area contributed by atoms with E-state index in [1.54, 1.807) is 6.07 Å². The van der Waals surface area contributed by atoms with Crippen LogP contribution >= 0.6 is 31.9 Å². The molecule has 2 rings (SSSR count). The molecule has 20 heavy (non-hydrogen) atoms. The van der Waals surface area contributed by atoms with Gasteiger partial charge in [-0.15, -0.1) is 0 Å². The molecule has 0 spiro atoms. The molecule has 0 aromatic heterocycles. The Balaban J connectivity index is 1.93. The molecule has 1 N–H and O–H groups in total. The molecule has 0 saturated carbocycles. The minimum Gasteiger partial charge on any atom is -0.483 e. The van der Waals surface area contributed by atoms with E-state index in [1.165, 1.54) is 0 Å². The SMILES string of the molecule is Cc1ccc(NC(=O)COc2ccccc2Br)cc1Br. The molecule has 104 valence electrons. The maximum absolute atomic E-state index is 11.8. The highest BCUT2D eigenvalue weighted by Crippen LogP contribution is 2.24. The normalized spacial score (nSPS) is 10.2. The van der Waals surface area contributed by atoms with E-state index in [-0.39, 0.29) is 12.5 Å². The van der Waals surface area contributed by atoms with Crippen molar-refractivity contribution in [3.63, 3.8) is 0 Å². The van der Waals surface area contributed by atoms with E-state index in [0.29, 0.717) is 5.75 Å². The Labute approximate surface area is 134 Å². The second-order valence-electron chi connectivity index (χ2n) is 4.23. The highest BCUT2D eigenvalue weighted by molar-refractivity contribution is 9.10. The fourth-order valence-corrected chi connectivity index (χ4v) is 2.35. The van der Waals surface area contributed by atoms with E-state index < -0.39 is 0 Å². The zero-order valence-electron chi connectivity index (χ0n) is 10.8. The third-order valence-corrected chi connectivity index (χ3v) is 4.16. The summed E-state index contributed by atoms with van der Waals surface area (Å²) in [5, 5.41) is 2.79. The van der Waals surface area contributed by atoms with Crippen molar-refractivity contribution in [3.05, 3.63) is 57.0 Å². The van der Waals surface area contributed by atoms with Crippen LogP contribution in [0.2, 0.25) is 0 Å². The first-order valence-electron chi connectivity index (χ1n) is 5.99. The quantitative estimate of drug-likeness (QED) is 0.821. The maximum atomic E-state index is 11.8. The van der Waals surface area contributed by atoms with Crippen LogP contribution in [0.15, 0.2) is 51.4 Å². The Bertz CT molecular complexity index is 629. The topological polar surface area (TPSA) is 38.3 Å². The summed E-state index contributed by atoms with van der Waals surface area (Å²) in [5.41, 5.74) is 1.86. The predicted octanol–water partition coefficient (Wildman–Crippen LogP) is 4.54. The fourth-order valence-electron chi connectivity index (χ4n) is 1.57. The van der Waals surface area contributed by atoms with Gasteiger partial charge in [-0.3, -0.25) is 4.79 Å². The number of hydrogen-bond donors (Lipinski definition) is 1. The maximum Gasteiger partial charge on any atom is 0.262 e. The lowest BCUT2D eigenvalue weighted by Gasteiger charge is -2.09. The van der Waals surface area contributed by atoms with Crippen LogP contribution in [0.4, 0.5) is 5.69 Å². The Hall–Kier alpha value is -1.33. The van der Waals surface area contributed by atoms with E-state index in [1.807, 2.05) is 43.3 Å². The van der Waals surface area contributed by atoms with Gasteiger partial charge in [0.15, 0.2) is 6.61 Å². The number of para-hydroxylation sites is 1. The molecule has 0 bridgehead atoms. The largest absolute Gasteiger partial charge is 0.483 e. The summed E-state index contributed by atoms with van der Waals surface area (Å²) in [5.74, 6) is 0.448. The third-order valence-electron chi connectivity index (χ3n) is 2.65. The smallest absolute Gasteiger partial charge is 0.262 e. The van der Waals surface area contributed by atoms with Gasteiger partial charge in [0.1, 0.15) is 5.75 Å². The van der Waals surface area contributed by atoms with Crippen molar-refractivity contribution >= 4 is 43.5 Å². The molecule has 3 nitrogen and oxygen atoms in total. The van der Waals surface area contributed by atoms with Gasteiger partial charge in [-0.2, -0.15) is 0 Å². The molecule has 0 aliphatic rings. The number of aryl methyl sites for hydroxylation is 1. The number of amides is 1. The summed E-state index contributed by atoms with van der Waals surface area (Å²) < 4.78 is 7.24. The number of ether oxygens (including phenoxy) is 1. The summed E-state index contributed by atoms with van der Waals surface area (Å²) in [7, 11) is 0. The molecular weight excluding hydrogens is 386 g/mol. The van der Waals surface area contributed by atoms with Crippen LogP contribution in [0.25, 0.3) is 0 Å². The summed E-state index contributed by atoms with van der Waals surface area (Å²) in [6.45, 7) is 1.96. The van der Waals surface area contributed by atoms with Crippen molar-refractivity contribution in [2.75, 3.05) is 11.9 Å². The molecule has 0 unspecified atom stereocenters. The fraction of sp³-hybridized carbons (Fsp3) is 0.133. The Morgan fingerprint density at radius 3 is 2.60 bits per heavy atom. The number of anilines is 1. The lowest BCUT2D eigenvalue weighted by Crippen LogP contribution is -2.20. The molecular formula is C15H13Br2NO2. The summed E-state index contributed by atoms with van der Waals surface area (Å²) in [6.07, 6.45) is 0. The van der Waals surface area contributed by atoms with E-state index in [4.69, 9.17) is 4.74 Å². The lowest BCUT2D eigenvalue weighted by molar-refractivity contribution is -0.118. The number of hydrogen-bond acceptors (Lipinski definition) is 2. The van der Waals surface area contributed by atoms with Crippen LogP contribution in [0.3, 0.4) is 0 Å². The molecule has 0 heterocycles. The molecule has 0 fully saturated rings. The van der Waals surface area contributed by atoms with Crippen LogP contribution in [0.1, 0.15) is 5.56 Å². The Morgan fingerprint density at radius 1 is 1.15 bits per heavy atom. The first-order valence-corrected chi connectivity index (χ1v) is 7.58. The van der Waals surface area contributed by atoms with E-state index in [9.17, 15) is 4.79 Å². The van der Waals surface area contributed by atoms with Gasteiger partial charge in [0.25, 0.3) is 5.91 Å². The second-order valence-corrected chi connectivity index (χ2v) is 5.94. The van der Waals surface area contributed by atoms with Gasteiger partial charge in [-0.1, -0.05) is 34.1 Å². The highest BCUT2D eigenvalue weighted by atomic mass is 79.9. The van der Waals surface area contributed by atoms with E-state index >= 15 is 0 Å². The Morgan fingerprint density at radius 2 is 1.90 bits per heavy atom. The minimum atomic E-state index is -0.198. The van der Waals surface area contributed by atoms with Gasteiger partial charge in [0, 0.05) is 10.2 Å². The van der Waals surface area contributed by atoms with Crippen LogP contribution in [-0.4, -0.2) is 12.5 Å². The molecule has 1 amide bonds. The van der Waals surface area contributed by atoms with Crippen molar-refractivity contribution in [1.29, 1.82) is 0 Å². The van der Waals surface area contributed by atoms with Crippen molar-refractivity contribution in [1.82, 2.24) is 0 Å². The molecule has 0 aliphatic heterocycles. The van der Waals surface area contributed by atoms with Gasteiger partial charge in [-0.25, -0.2) is 0 Å². The zero-order chi connectivity index (χ0) is 14.5. The van der Waals surface area contributed by atoms with Gasteiger partial charge in [0.05, 0.1) is 4.47 Å². The number of carbonyl (C=O) groups is 1. The van der Waals surface area contributed by atoms with E-state index in [0.717, 1.165) is 20.2 Å². The minimum absolute atomic E-state index is 0.0336. The number of nitrogens with one attached hydrogen (secondary N) is 1. The third kappa shape index (κ3) is 4.08. The molecule has 0 atom stereocenters. The molecule has 0 aliphatic carbocycles. The van der Waals surface area contributed by atoms with Gasteiger partial charge < -0.3 is 10.1 Å². The first-order chi connectivity index (χ1) is 9.56. The number of benzene rings is 2. The van der Waals surface area contributed by atoms with Crippen LogP contribution in [0, 0.1) is 6.92 Å². The summed E-state index contributed by atoms with van der Waals surface area (Å²) >= 11 is 6.80. The number of carbonyl (C=O) groups excluding carboxylic acids is 1. The molecule has 2 aromatic rings. The highest BCUT2D eigenvalue weighted by Gasteiger charge is 2.06. The van der Waals surface area contributed by atoms with E-state index in [2.05, 4.69) is 37.2 Å². The second kappa shape index (κ2) is 6.90. The zero-order valence-corrected chi connectivity index (χ0v) is 14.0. The van der Waals surface area contributed by atoms with Gasteiger partial charge in [0.2, 0.25) is 0 Å². The average molecular weight is 399 g/mol. The Kier molecular flexibility index (Phi) is 5.20. The van der Waals surface area contributed by atoms with Crippen molar-refractivity contribution in [2.24, 2.45) is 0 Å². The van der Waals surface area contributed by atoms with Crippen LogP contribution in [-0.2, 0) is 4.79 Å². The first kappa shape index (κ1) is 15.1. The van der Waals surface area contributed by atoms with Gasteiger partial charge >= 0.3 is 0 Å². The number of rotatable bonds is 4. The standard InChI is InChI=1S/C15H13Br2NO2/c1-10-6-7-11(8-13(10)17)18-15(19)9-20-14-5-3-2-4-12(14)16/h2-8H,9H2,1H3,(H,18,19). The van der Waals surface area contributed by atoms with Crippen molar-refractivity contribution in [3.8, 4) is 5.75 Å². The average Bonchev–Trinajstić information content (AvgIpc) is 2.42. The lowest BCUT2D eigenvalue weighted by atomic mass is 10.2. The molecule has 5 heteroatoms.